The van der Waals surface area contributed by atoms with Crippen molar-refractivity contribution < 1.29 is 8.42 Å². The minimum absolute atomic E-state index is 0.0806. The zero-order chi connectivity index (χ0) is 13.8. The van der Waals surface area contributed by atoms with Crippen LogP contribution < -0.4 is 10.0 Å². The van der Waals surface area contributed by atoms with Crippen molar-refractivity contribution in [2.75, 3.05) is 7.05 Å². The summed E-state index contributed by atoms with van der Waals surface area (Å²) in [5.41, 5.74) is 0.956. The molecule has 2 N–H and O–H groups in total. The Hall–Kier alpha value is -0.910. The van der Waals surface area contributed by atoms with Gasteiger partial charge in [0.15, 0.2) is 0 Å². The first-order valence-corrected chi connectivity index (χ1v) is 7.61. The van der Waals surface area contributed by atoms with Crippen molar-refractivity contribution in [3.63, 3.8) is 0 Å². The normalized spacial score (nSPS) is 13.8. The van der Waals surface area contributed by atoms with Crippen LogP contribution in [0.5, 0.6) is 0 Å². The van der Waals surface area contributed by atoms with Gasteiger partial charge >= 0.3 is 0 Å². The third-order valence-electron chi connectivity index (χ3n) is 2.93. The molecule has 1 aromatic rings. The molecule has 0 aliphatic rings. The summed E-state index contributed by atoms with van der Waals surface area (Å²) >= 11 is 0. The van der Waals surface area contributed by atoms with Crippen LogP contribution in [0.4, 0.5) is 0 Å². The quantitative estimate of drug-likeness (QED) is 0.827. The van der Waals surface area contributed by atoms with E-state index in [1.54, 1.807) is 18.2 Å². The Morgan fingerprint density at radius 2 is 1.89 bits per heavy atom. The maximum Gasteiger partial charge on any atom is 0.240 e. The molecular weight excluding hydrogens is 248 g/mol. The standard InChI is InChI=1S/C13H22N2O2S/c1-10(2)11(3)15-18(16,17)13-7-5-6-12(8-13)9-14-4/h5-8,10-11,14-15H,9H2,1-4H3. The van der Waals surface area contributed by atoms with Gasteiger partial charge in [-0.15, -0.1) is 0 Å². The third kappa shape index (κ3) is 4.08. The molecule has 0 radical (unpaired) electrons. The molecule has 0 fully saturated rings. The second-order valence-corrected chi connectivity index (χ2v) is 6.55. The lowest BCUT2D eigenvalue weighted by atomic mass is 10.1. The molecule has 0 amide bonds. The lowest BCUT2D eigenvalue weighted by Gasteiger charge is -2.17. The molecule has 0 saturated heterocycles. The van der Waals surface area contributed by atoms with E-state index in [9.17, 15) is 8.42 Å². The first-order chi connectivity index (χ1) is 8.36. The van der Waals surface area contributed by atoms with Crippen LogP contribution in [-0.2, 0) is 16.6 Å². The van der Waals surface area contributed by atoms with E-state index in [2.05, 4.69) is 10.0 Å². The van der Waals surface area contributed by atoms with Gasteiger partial charge in [0, 0.05) is 12.6 Å². The van der Waals surface area contributed by atoms with Crippen molar-refractivity contribution in [2.45, 2.75) is 38.3 Å². The zero-order valence-electron chi connectivity index (χ0n) is 11.4. The van der Waals surface area contributed by atoms with Crippen molar-refractivity contribution in [3.05, 3.63) is 29.8 Å². The van der Waals surface area contributed by atoms with Crippen molar-refractivity contribution in [1.29, 1.82) is 0 Å². The number of hydrogen-bond acceptors (Lipinski definition) is 3. The van der Waals surface area contributed by atoms with Crippen LogP contribution in [0.25, 0.3) is 0 Å². The van der Waals surface area contributed by atoms with Crippen LogP contribution in [0.3, 0.4) is 0 Å². The first kappa shape index (κ1) is 15.1. The topological polar surface area (TPSA) is 58.2 Å². The molecule has 0 heterocycles. The van der Waals surface area contributed by atoms with Crippen LogP contribution in [0, 0.1) is 5.92 Å². The summed E-state index contributed by atoms with van der Waals surface area (Å²) in [5.74, 6) is 0.264. The largest absolute Gasteiger partial charge is 0.316 e. The predicted molar refractivity (Wildman–Crippen MR) is 73.8 cm³/mol. The monoisotopic (exact) mass is 270 g/mol. The van der Waals surface area contributed by atoms with E-state index >= 15 is 0 Å². The number of benzene rings is 1. The van der Waals surface area contributed by atoms with Crippen molar-refractivity contribution in [3.8, 4) is 0 Å². The van der Waals surface area contributed by atoms with Gasteiger partial charge in [-0.05, 0) is 37.6 Å². The molecule has 102 valence electrons. The highest BCUT2D eigenvalue weighted by molar-refractivity contribution is 7.89. The van der Waals surface area contributed by atoms with Gasteiger partial charge in [-0.1, -0.05) is 26.0 Å². The smallest absolute Gasteiger partial charge is 0.240 e. The fourth-order valence-corrected chi connectivity index (χ4v) is 2.94. The molecular formula is C13H22N2O2S. The lowest BCUT2D eigenvalue weighted by Crippen LogP contribution is -2.36. The Bertz CT molecular complexity index is 484. The molecule has 0 aliphatic carbocycles. The van der Waals surface area contributed by atoms with Gasteiger partial charge in [-0.3, -0.25) is 0 Å². The fraction of sp³-hybridized carbons (Fsp3) is 0.538. The van der Waals surface area contributed by atoms with Gasteiger partial charge in [0.05, 0.1) is 4.90 Å². The van der Waals surface area contributed by atoms with Gasteiger partial charge in [0.25, 0.3) is 0 Å². The predicted octanol–water partition coefficient (Wildman–Crippen LogP) is 1.73. The molecule has 1 atom stereocenters. The summed E-state index contributed by atoms with van der Waals surface area (Å²) < 4.78 is 27.0. The molecule has 18 heavy (non-hydrogen) atoms. The second kappa shape index (κ2) is 6.31. The second-order valence-electron chi connectivity index (χ2n) is 4.83. The van der Waals surface area contributed by atoms with Gasteiger partial charge in [-0.2, -0.15) is 0 Å². The summed E-state index contributed by atoms with van der Waals surface area (Å²) in [4.78, 5) is 0.322. The maximum absolute atomic E-state index is 12.2. The van der Waals surface area contributed by atoms with Crippen LogP contribution in [0.2, 0.25) is 0 Å². The Kier molecular flexibility index (Phi) is 5.31. The molecule has 0 aliphatic heterocycles. The average Bonchev–Trinajstić information content (AvgIpc) is 2.29. The van der Waals surface area contributed by atoms with Gasteiger partial charge < -0.3 is 5.32 Å². The van der Waals surface area contributed by atoms with E-state index in [0.717, 1.165) is 5.56 Å². The highest BCUT2D eigenvalue weighted by Gasteiger charge is 2.19. The van der Waals surface area contributed by atoms with Crippen LogP contribution in [-0.4, -0.2) is 21.5 Å². The fourth-order valence-electron chi connectivity index (χ4n) is 1.48. The Labute approximate surface area is 110 Å². The Morgan fingerprint density at radius 1 is 1.22 bits per heavy atom. The zero-order valence-corrected chi connectivity index (χ0v) is 12.2. The van der Waals surface area contributed by atoms with E-state index in [4.69, 9.17) is 0 Å². The molecule has 0 bridgehead atoms. The van der Waals surface area contributed by atoms with Crippen molar-refractivity contribution in [2.24, 2.45) is 5.92 Å². The minimum Gasteiger partial charge on any atom is -0.316 e. The lowest BCUT2D eigenvalue weighted by molar-refractivity contribution is 0.476. The van der Waals surface area contributed by atoms with E-state index in [-0.39, 0.29) is 12.0 Å². The average molecular weight is 270 g/mol. The summed E-state index contributed by atoms with van der Waals surface area (Å²) in [7, 11) is -1.59. The summed E-state index contributed by atoms with van der Waals surface area (Å²) in [6, 6.07) is 6.91. The number of hydrogen-bond donors (Lipinski definition) is 2. The molecule has 4 nitrogen and oxygen atoms in total. The molecule has 1 aromatic carbocycles. The highest BCUT2D eigenvalue weighted by Crippen LogP contribution is 2.13. The summed E-state index contributed by atoms with van der Waals surface area (Å²) in [5, 5.41) is 3.01. The Morgan fingerprint density at radius 3 is 2.44 bits per heavy atom. The van der Waals surface area contributed by atoms with E-state index in [0.29, 0.717) is 11.4 Å². The van der Waals surface area contributed by atoms with Crippen LogP contribution in [0.15, 0.2) is 29.2 Å². The van der Waals surface area contributed by atoms with Crippen molar-refractivity contribution >= 4 is 10.0 Å². The SMILES string of the molecule is CNCc1cccc(S(=O)(=O)NC(C)C(C)C)c1. The molecule has 1 rings (SSSR count). The first-order valence-electron chi connectivity index (χ1n) is 6.12. The highest BCUT2D eigenvalue weighted by atomic mass is 32.2. The number of rotatable bonds is 6. The molecule has 0 aromatic heterocycles. The minimum atomic E-state index is -3.42. The van der Waals surface area contributed by atoms with Gasteiger partial charge in [-0.25, -0.2) is 13.1 Å². The number of nitrogens with one attached hydrogen (secondary N) is 2. The molecule has 0 saturated carbocycles. The molecule has 0 spiro atoms. The van der Waals surface area contributed by atoms with E-state index < -0.39 is 10.0 Å². The third-order valence-corrected chi connectivity index (χ3v) is 4.49. The van der Waals surface area contributed by atoms with Crippen molar-refractivity contribution in [1.82, 2.24) is 10.0 Å². The Balaban J connectivity index is 2.94. The van der Waals surface area contributed by atoms with E-state index in [1.165, 1.54) is 0 Å². The van der Waals surface area contributed by atoms with Gasteiger partial charge in [0.1, 0.15) is 0 Å². The maximum atomic E-state index is 12.2. The molecule has 1 unspecified atom stereocenters. The molecule has 5 heteroatoms. The van der Waals surface area contributed by atoms with E-state index in [1.807, 2.05) is 33.9 Å². The summed E-state index contributed by atoms with van der Waals surface area (Å²) in [6.45, 7) is 6.51. The van der Waals surface area contributed by atoms with Gasteiger partial charge in [0.2, 0.25) is 10.0 Å². The summed E-state index contributed by atoms with van der Waals surface area (Å²) in [6.07, 6.45) is 0. The van der Waals surface area contributed by atoms with Crippen LogP contribution in [0.1, 0.15) is 26.3 Å². The van der Waals surface area contributed by atoms with Crippen LogP contribution >= 0.6 is 0 Å². The number of sulfonamides is 1.